The second kappa shape index (κ2) is 11.2. The fourth-order valence-corrected chi connectivity index (χ4v) is 2.67. The highest BCUT2D eigenvalue weighted by Gasteiger charge is 2.14. The average Bonchev–Trinajstić information content (AvgIpc) is 2.86. The van der Waals surface area contributed by atoms with Gasteiger partial charge in [-0.25, -0.2) is 14.6 Å². The molecule has 0 heterocycles. The molecule has 2 N–H and O–H groups in total. The van der Waals surface area contributed by atoms with Gasteiger partial charge in [-0.2, -0.15) is 5.10 Å². The fraction of sp³-hybridized carbons (Fsp3) is 0.0833. The van der Waals surface area contributed by atoms with Crippen molar-refractivity contribution in [3.05, 3.63) is 83.7 Å². The Labute approximate surface area is 194 Å². The first kappa shape index (κ1) is 23.9. The van der Waals surface area contributed by atoms with E-state index < -0.39 is 23.6 Å². The number of hydrogen-bond acceptors (Lipinski definition) is 7. The van der Waals surface area contributed by atoms with Crippen LogP contribution >= 0.6 is 0 Å². The molecule has 3 aromatic rings. The Balaban J connectivity index is 1.59. The normalized spacial score (nSPS) is 10.4. The molecular formula is C24H20FN3O6. The number of carbonyl (C=O) groups excluding carboxylic acids is 3. The number of rotatable bonds is 7. The molecule has 2 amide bonds. The number of nitrogens with one attached hydrogen (secondary N) is 2. The number of amides is 2. The Morgan fingerprint density at radius 2 is 1.56 bits per heavy atom. The maximum absolute atomic E-state index is 12.9. The summed E-state index contributed by atoms with van der Waals surface area (Å²) in [6.45, 7) is 0. The van der Waals surface area contributed by atoms with Gasteiger partial charge in [0.15, 0.2) is 11.5 Å². The largest absolute Gasteiger partial charge is 0.497 e. The van der Waals surface area contributed by atoms with E-state index in [0.717, 1.165) is 12.1 Å². The lowest BCUT2D eigenvalue weighted by molar-refractivity contribution is -0.136. The molecule has 0 radical (unpaired) electrons. The quantitative estimate of drug-likeness (QED) is 0.182. The number of halogens is 1. The highest BCUT2D eigenvalue weighted by Crippen LogP contribution is 2.28. The Hall–Kier alpha value is -4.73. The fourth-order valence-electron chi connectivity index (χ4n) is 2.67. The molecule has 34 heavy (non-hydrogen) atoms. The zero-order valence-corrected chi connectivity index (χ0v) is 18.2. The van der Waals surface area contributed by atoms with Gasteiger partial charge in [0.1, 0.15) is 11.6 Å². The third-order valence-corrected chi connectivity index (χ3v) is 4.40. The Kier molecular flexibility index (Phi) is 7.90. The van der Waals surface area contributed by atoms with Crippen molar-refractivity contribution in [1.82, 2.24) is 5.43 Å². The maximum atomic E-state index is 12.9. The van der Waals surface area contributed by atoms with Crippen LogP contribution in [0, 0.1) is 5.82 Å². The molecule has 0 saturated heterocycles. The van der Waals surface area contributed by atoms with Crippen molar-refractivity contribution in [2.24, 2.45) is 5.10 Å². The van der Waals surface area contributed by atoms with E-state index in [1.54, 1.807) is 30.3 Å². The predicted octanol–water partition coefficient (Wildman–Crippen LogP) is 3.15. The minimum Gasteiger partial charge on any atom is -0.497 e. The van der Waals surface area contributed by atoms with Gasteiger partial charge in [-0.15, -0.1) is 0 Å². The predicted molar refractivity (Wildman–Crippen MR) is 122 cm³/mol. The van der Waals surface area contributed by atoms with Crippen LogP contribution in [-0.4, -0.2) is 38.2 Å². The molecule has 0 atom stereocenters. The monoisotopic (exact) mass is 465 g/mol. The third-order valence-electron chi connectivity index (χ3n) is 4.40. The van der Waals surface area contributed by atoms with Crippen LogP contribution in [0.5, 0.6) is 17.2 Å². The second-order valence-corrected chi connectivity index (χ2v) is 6.69. The first-order chi connectivity index (χ1) is 16.4. The van der Waals surface area contributed by atoms with E-state index in [2.05, 4.69) is 15.8 Å². The van der Waals surface area contributed by atoms with E-state index in [1.807, 2.05) is 0 Å². The number of nitrogens with zero attached hydrogens (tertiary/aromatic N) is 1. The Morgan fingerprint density at radius 1 is 0.853 bits per heavy atom. The van der Waals surface area contributed by atoms with Crippen LogP contribution in [0.2, 0.25) is 0 Å². The molecule has 0 spiro atoms. The molecule has 10 heteroatoms. The van der Waals surface area contributed by atoms with Crippen molar-refractivity contribution >= 4 is 29.7 Å². The molecule has 0 aromatic heterocycles. The first-order valence-electron chi connectivity index (χ1n) is 9.84. The van der Waals surface area contributed by atoms with Crippen LogP contribution in [0.15, 0.2) is 71.8 Å². The highest BCUT2D eigenvalue weighted by molar-refractivity contribution is 6.39. The summed E-state index contributed by atoms with van der Waals surface area (Å²) < 4.78 is 28.6. The number of carbonyl (C=O) groups is 3. The van der Waals surface area contributed by atoms with Gasteiger partial charge in [-0.3, -0.25) is 9.59 Å². The number of esters is 1. The molecule has 0 unspecified atom stereocenters. The summed E-state index contributed by atoms with van der Waals surface area (Å²) in [5.41, 5.74) is 3.17. The molecule has 3 aromatic carbocycles. The van der Waals surface area contributed by atoms with Crippen molar-refractivity contribution in [2.45, 2.75) is 0 Å². The smallest absolute Gasteiger partial charge is 0.343 e. The van der Waals surface area contributed by atoms with Gasteiger partial charge in [-0.05, 0) is 72.3 Å². The van der Waals surface area contributed by atoms with Crippen LogP contribution in [0.3, 0.4) is 0 Å². The number of methoxy groups -OCH3 is 2. The van der Waals surface area contributed by atoms with Gasteiger partial charge in [-0.1, -0.05) is 0 Å². The summed E-state index contributed by atoms with van der Waals surface area (Å²) in [6, 6.07) is 16.0. The van der Waals surface area contributed by atoms with E-state index in [4.69, 9.17) is 14.2 Å². The van der Waals surface area contributed by atoms with Gasteiger partial charge in [0.25, 0.3) is 0 Å². The van der Waals surface area contributed by atoms with Gasteiger partial charge in [0.2, 0.25) is 0 Å². The SMILES string of the molecule is COc1ccc(C(=O)Oc2ccc(/C=N/NC(=O)C(=O)Nc3ccc(F)cc3)cc2OC)cc1. The number of anilines is 1. The zero-order chi connectivity index (χ0) is 24.5. The average molecular weight is 465 g/mol. The molecule has 174 valence electrons. The standard InChI is InChI=1S/C24H20FN3O6/c1-32-19-10-4-16(5-11-19)24(31)34-20-12-3-15(13-21(20)33-2)14-26-28-23(30)22(29)27-18-8-6-17(25)7-9-18/h3-14H,1-2H3,(H,27,29)(H,28,30)/b26-14+. The van der Waals surface area contributed by atoms with Crippen molar-refractivity contribution in [3.8, 4) is 17.2 Å². The van der Waals surface area contributed by atoms with Crippen molar-refractivity contribution in [2.75, 3.05) is 19.5 Å². The molecular weight excluding hydrogens is 445 g/mol. The van der Waals surface area contributed by atoms with Crippen molar-refractivity contribution in [1.29, 1.82) is 0 Å². The van der Waals surface area contributed by atoms with Crippen molar-refractivity contribution in [3.63, 3.8) is 0 Å². The summed E-state index contributed by atoms with van der Waals surface area (Å²) in [4.78, 5) is 36.1. The Bertz CT molecular complexity index is 1210. The summed E-state index contributed by atoms with van der Waals surface area (Å²) in [7, 11) is 2.93. The molecule has 0 saturated carbocycles. The molecule has 0 bridgehead atoms. The van der Waals surface area contributed by atoms with Gasteiger partial charge >= 0.3 is 17.8 Å². The lowest BCUT2D eigenvalue weighted by atomic mass is 10.2. The molecule has 0 fully saturated rings. The Morgan fingerprint density at radius 3 is 2.21 bits per heavy atom. The summed E-state index contributed by atoms with van der Waals surface area (Å²) in [5.74, 6) is -1.99. The molecule has 0 aliphatic heterocycles. The number of ether oxygens (including phenoxy) is 3. The zero-order valence-electron chi connectivity index (χ0n) is 18.2. The van der Waals surface area contributed by atoms with E-state index in [0.29, 0.717) is 16.9 Å². The maximum Gasteiger partial charge on any atom is 0.343 e. The molecule has 3 rings (SSSR count). The number of benzene rings is 3. The lowest BCUT2D eigenvalue weighted by Gasteiger charge is -2.10. The second-order valence-electron chi connectivity index (χ2n) is 6.69. The minimum atomic E-state index is -1.02. The summed E-state index contributed by atoms with van der Waals surface area (Å²) >= 11 is 0. The molecule has 0 aliphatic rings. The van der Waals surface area contributed by atoms with E-state index in [1.165, 1.54) is 44.7 Å². The van der Waals surface area contributed by atoms with Crippen LogP contribution in [0.4, 0.5) is 10.1 Å². The van der Waals surface area contributed by atoms with Crippen LogP contribution in [0.25, 0.3) is 0 Å². The molecule has 9 nitrogen and oxygen atoms in total. The van der Waals surface area contributed by atoms with E-state index in [9.17, 15) is 18.8 Å². The topological polar surface area (TPSA) is 115 Å². The molecule has 0 aliphatic carbocycles. The van der Waals surface area contributed by atoms with Gasteiger partial charge < -0.3 is 19.5 Å². The summed E-state index contributed by atoms with van der Waals surface area (Å²) in [6.07, 6.45) is 1.28. The first-order valence-corrected chi connectivity index (χ1v) is 9.84. The summed E-state index contributed by atoms with van der Waals surface area (Å²) in [5, 5.41) is 6.04. The third kappa shape index (κ3) is 6.39. The van der Waals surface area contributed by atoms with Crippen LogP contribution in [-0.2, 0) is 9.59 Å². The number of hydrogen-bond donors (Lipinski definition) is 2. The van der Waals surface area contributed by atoms with E-state index >= 15 is 0 Å². The van der Waals surface area contributed by atoms with Crippen LogP contribution in [0.1, 0.15) is 15.9 Å². The van der Waals surface area contributed by atoms with E-state index in [-0.39, 0.29) is 17.2 Å². The van der Waals surface area contributed by atoms with Crippen molar-refractivity contribution < 1.29 is 33.0 Å². The number of hydrazone groups is 1. The minimum absolute atomic E-state index is 0.183. The highest BCUT2D eigenvalue weighted by atomic mass is 19.1. The van der Waals surface area contributed by atoms with Gasteiger partial charge in [0.05, 0.1) is 26.0 Å². The van der Waals surface area contributed by atoms with Crippen LogP contribution < -0.4 is 25.0 Å². The lowest BCUT2D eigenvalue weighted by Crippen LogP contribution is -2.32. The van der Waals surface area contributed by atoms with Gasteiger partial charge in [0, 0.05) is 5.69 Å².